The van der Waals surface area contributed by atoms with Crippen molar-refractivity contribution >= 4 is 16.0 Å². The van der Waals surface area contributed by atoms with Crippen molar-refractivity contribution in [1.82, 2.24) is 4.31 Å². The van der Waals surface area contributed by atoms with Gasteiger partial charge in [0.15, 0.2) is 0 Å². The minimum Gasteiger partial charge on any atom is -0.456 e. The molecule has 0 amide bonds. The molecule has 39 heavy (non-hydrogen) atoms. The highest BCUT2D eigenvalue weighted by Crippen LogP contribution is 2.40. The van der Waals surface area contributed by atoms with Gasteiger partial charge < -0.3 is 4.74 Å². The summed E-state index contributed by atoms with van der Waals surface area (Å²) in [4.78, 5) is 13.1. The Morgan fingerprint density at radius 3 is 1.95 bits per heavy atom. The van der Waals surface area contributed by atoms with Crippen LogP contribution in [-0.4, -0.2) is 24.7 Å². The molecule has 0 heterocycles. The average molecular weight is 546 g/mol. The Morgan fingerprint density at radius 2 is 1.38 bits per heavy atom. The van der Waals surface area contributed by atoms with Gasteiger partial charge in [-0.15, -0.1) is 0 Å². The summed E-state index contributed by atoms with van der Waals surface area (Å²) in [5.41, 5.74) is 6.11. The molecule has 0 fully saturated rings. The Morgan fingerprint density at radius 1 is 0.846 bits per heavy atom. The van der Waals surface area contributed by atoms with Crippen LogP contribution < -0.4 is 0 Å². The van der Waals surface area contributed by atoms with Crippen molar-refractivity contribution in [2.24, 2.45) is 0 Å². The van der Waals surface area contributed by atoms with Crippen molar-refractivity contribution in [2.75, 3.05) is 0 Å². The Bertz CT molecular complexity index is 1370. The zero-order valence-corrected chi connectivity index (χ0v) is 23.9. The van der Waals surface area contributed by atoms with Gasteiger partial charge in [0, 0.05) is 13.0 Å². The predicted molar refractivity (Wildman–Crippen MR) is 154 cm³/mol. The maximum atomic E-state index is 15.0. The highest BCUT2D eigenvalue weighted by molar-refractivity contribution is 7.89. The summed E-state index contributed by atoms with van der Waals surface area (Å²) in [6, 6.07) is 20.9. The lowest BCUT2D eigenvalue weighted by Crippen LogP contribution is -2.43. The fraction of sp³-hybridized carbons (Fsp3) is 0.424. The minimum atomic E-state index is -3.93. The molecule has 206 valence electrons. The largest absolute Gasteiger partial charge is 0.456 e. The standard InChI is InChI=1S/C33H39NO4S/c1-3-31(35)38-32(26-16-8-5-9-17-26)24(2)34(23-25-14-6-4-7-15-25)39(36,37)33-29-20-12-10-18-27(29)22-28-19-11-13-21-30(28)33/h4-9,14-17,22,24,32H,3,10-13,18-21,23H2,1-2H3/t24-,32-/m0/s1. The number of benzene rings is 3. The van der Waals surface area contributed by atoms with Crippen molar-refractivity contribution < 1.29 is 17.9 Å². The van der Waals surface area contributed by atoms with E-state index in [0.29, 0.717) is 4.90 Å². The van der Waals surface area contributed by atoms with Crippen molar-refractivity contribution in [3.8, 4) is 0 Å². The Balaban J connectivity index is 1.67. The molecule has 2 aliphatic rings. The smallest absolute Gasteiger partial charge is 0.306 e. The zero-order valence-electron chi connectivity index (χ0n) is 23.1. The van der Waals surface area contributed by atoms with Crippen LogP contribution in [-0.2, 0) is 51.8 Å². The summed E-state index contributed by atoms with van der Waals surface area (Å²) < 4.78 is 37.6. The maximum Gasteiger partial charge on any atom is 0.306 e. The molecule has 5 nitrogen and oxygen atoms in total. The lowest BCUT2D eigenvalue weighted by atomic mass is 9.83. The second kappa shape index (κ2) is 12.1. The molecule has 0 spiro atoms. The number of esters is 1. The van der Waals surface area contributed by atoms with Gasteiger partial charge in [-0.05, 0) is 91.7 Å². The number of nitrogens with zero attached hydrogens (tertiary/aromatic N) is 1. The Kier molecular flexibility index (Phi) is 8.53. The molecule has 0 saturated heterocycles. The third-order valence-electron chi connectivity index (χ3n) is 8.23. The molecule has 3 aromatic carbocycles. The maximum absolute atomic E-state index is 15.0. The van der Waals surface area contributed by atoms with E-state index in [2.05, 4.69) is 6.07 Å². The van der Waals surface area contributed by atoms with Crippen molar-refractivity contribution in [3.05, 3.63) is 100 Å². The van der Waals surface area contributed by atoms with E-state index < -0.39 is 22.2 Å². The van der Waals surface area contributed by atoms with Gasteiger partial charge in [0.25, 0.3) is 0 Å². The molecular formula is C33H39NO4S. The normalized spacial score (nSPS) is 16.7. The first-order chi connectivity index (χ1) is 18.9. The predicted octanol–water partition coefficient (Wildman–Crippen LogP) is 6.72. The molecule has 2 aliphatic carbocycles. The van der Waals surface area contributed by atoms with E-state index in [1.807, 2.05) is 67.6 Å². The molecule has 0 saturated carbocycles. The number of fused-ring (bicyclic) bond motifs is 2. The number of hydrogen-bond acceptors (Lipinski definition) is 4. The monoisotopic (exact) mass is 545 g/mol. The SMILES string of the molecule is CCC(=O)O[C@H](c1ccccc1)[C@H](C)N(Cc1ccccc1)S(=O)(=O)c1c2c(cc3c1CCCC3)CCCC2. The van der Waals surface area contributed by atoms with E-state index in [1.165, 1.54) is 11.1 Å². The van der Waals surface area contributed by atoms with E-state index in [1.54, 1.807) is 11.2 Å². The summed E-state index contributed by atoms with van der Waals surface area (Å²) in [6.45, 7) is 3.84. The summed E-state index contributed by atoms with van der Waals surface area (Å²) in [6.07, 6.45) is 7.13. The number of hydrogen-bond donors (Lipinski definition) is 0. The van der Waals surface area contributed by atoms with Crippen LogP contribution in [0.4, 0.5) is 0 Å². The van der Waals surface area contributed by atoms with Gasteiger partial charge in [-0.25, -0.2) is 8.42 Å². The van der Waals surface area contributed by atoms with Gasteiger partial charge in [-0.1, -0.05) is 73.7 Å². The fourth-order valence-corrected chi connectivity index (χ4v) is 8.38. The average Bonchev–Trinajstić information content (AvgIpc) is 2.97. The number of rotatable bonds is 9. The molecule has 5 rings (SSSR count). The first-order valence-electron chi connectivity index (χ1n) is 14.4. The fourth-order valence-electron chi connectivity index (χ4n) is 6.19. The summed E-state index contributed by atoms with van der Waals surface area (Å²) in [7, 11) is -3.93. The molecule has 0 radical (unpaired) electrons. The van der Waals surface area contributed by atoms with Gasteiger partial charge in [0.1, 0.15) is 6.10 Å². The molecular weight excluding hydrogens is 506 g/mol. The second-order valence-corrected chi connectivity index (χ2v) is 12.7. The van der Waals surface area contributed by atoms with Gasteiger partial charge in [-0.2, -0.15) is 4.31 Å². The van der Waals surface area contributed by atoms with Crippen LogP contribution in [0, 0.1) is 0 Å². The van der Waals surface area contributed by atoms with E-state index in [4.69, 9.17) is 4.74 Å². The molecule has 0 aromatic heterocycles. The number of carbonyl (C=O) groups excluding carboxylic acids is 1. The van der Waals surface area contributed by atoms with E-state index in [9.17, 15) is 13.2 Å². The molecule has 0 unspecified atom stereocenters. The van der Waals surface area contributed by atoms with E-state index in [0.717, 1.165) is 73.6 Å². The van der Waals surface area contributed by atoms with Crippen LogP contribution in [0.15, 0.2) is 71.6 Å². The van der Waals surface area contributed by atoms with Gasteiger partial charge in [0.05, 0.1) is 10.9 Å². The molecule has 0 aliphatic heterocycles. The minimum absolute atomic E-state index is 0.204. The van der Waals surface area contributed by atoms with Gasteiger partial charge >= 0.3 is 5.97 Å². The third-order valence-corrected chi connectivity index (χ3v) is 10.3. The van der Waals surface area contributed by atoms with Gasteiger partial charge in [-0.3, -0.25) is 4.79 Å². The van der Waals surface area contributed by atoms with E-state index >= 15 is 0 Å². The van der Waals surface area contributed by atoms with Crippen LogP contribution in [0.25, 0.3) is 0 Å². The Labute approximate surface area is 233 Å². The second-order valence-electron chi connectivity index (χ2n) is 10.8. The molecule has 0 N–H and O–H groups in total. The van der Waals surface area contributed by atoms with Crippen LogP contribution in [0.5, 0.6) is 0 Å². The lowest BCUT2D eigenvalue weighted by Gasteiger charge is -2.36. The highest BCUT2D eigenvalue weighted by atomic mass is 32.2. The van der Waals surface area contributed by atoms with E-state index in [-0.39, 0.29) is 18.9 Å². The topological polar surface area (TPSA) is 63.7 Å². The molecule has 3 aromatic rings. The molecule has 0 bridgehead atoms. The third kappa shape index (κ3) is 5.82. The molecule has 2 atom stereocenters. The zero-order chi connectivity index (χ0) is 27.4. The first-order valence-corrected chi connectivity index (χ1v) is 15.8. The number of sulfonamides is 1. The van der Waals surface area contributed by atoms with Crippen LogP contribution in [0.1, 0.15) is 85.4 Å². The molecule has 6 heteroatoms. The lowest BCUT2D eigenvalue weighted by molar-refractivity contribution is -0.151. The van der Waals surface area contributed by atoms with Crippen LogP contribution in [0.3, 0.4) is 0 Å². The summed E-state index contributed by atoms with van der Waals surface area (Å²) in [5, 5.41) is 0. The van der Waals surface area contributed by atoms with Crippen molar-refractivity contribution in [2.45, 2.75) is 95.2 Å². The van der Waals surface area contributed by atoms with Gasteiger partial charge in [0.2, 0.25) is 10.0 Å². The van der Waals surface area contributed by atoms with Crippen molar-refractivity contribution in [1.29, 1.82) is 0 Å². The quantitative estimate of drug-likeness (QED) is 0.280. The van der Waals surface area contributed by atoms with Crippen molar-refractivity contribution in [3.63, 3.8) is 0 Å². The Hall–Kier alpha value is -2.96. The van der Waals surface area contributed by atoms with Crippen LogP contribution in [0.2, 0.25) is 0 Å². The van der Waals surface area contributed by atoms with Crippen LogP contribution >= 0.6 is 0 Å². The highest BCUT2D eigenvalue weighted by Gasteiger charge is 2.40. The summed E-state index contributed by atoms with van der Waals surface area (Å²) >= 11 is 0. The first kappa shape index (κ1) is 27.6. The number of ether oxygens (including phenoxy) is 1. The summed E-state index contributed by atoms with van der Waals surface area (Å²) in [5.74, 6) is -0.345. The number of aryl methyl sites for hydroxylation is 2. The number of carbonyl (C=O) groups is 1.